The molecule has 2 aromatic heterocycles. The fourth-order valence-corrected chi connectivity index (χ4v) is 6.19. The summed E-state index contributed by atoms with van der Waals surface area (Å²) in [6, 6.07) is 1.46. The first-order valence-corrected chi connectivity index (χ1v) is 10.7. The van der Waals surface area contributed by atoms with Crippen LogP contribution in [-0.4, -0.2) is 81.0 Å². The van der Waals surface area contributed by atoms with Gasteiger partial charge in [0.05, 0.1) is 17.2 Å². The Kier molecular flexibility index (Phi) is 4.36. The van der Waals surface area contributed by atoms with E-state index in [0.29, 0.717) is 23.9 Å². The second-order valence-corrected chi connectivity index (χ2v) is 9.83. The summed E-state index contributed by atoms with van der Waals surface area (Å²) in [7, 11) is -3.04. The van der Waals surface area contributed by atoms with Crippen molar-refractivity contribution in [1.82, 2.24) is 29.4 Å². The molecule has 0 radical (unpaired) electrons. The number of fused-ring (bicyclic) bond motifs is 2. The van der Waals surface area contributed by atoms with E-state index in [1.54, 1.807) is 0 Å². The molecule has 0 amide bonds. The minimum absolute atomic E-state index is 0.0198. The van der Waals surface area contributed by atoms with E-state index in [0.717, 1.165) is 19.6 Å². The molecule has 9 nitrogen and oxygen atoms in total. The van der Waals surface area contributed by atoms with Gasteiger partial charge in [-0.2, -0.15) is 4.52 Å². The molecular weight excluding hydrogens is 356 g/mol. The van der Waals surface area contributed by atoms with E-state index >= 15 is 0 Å². The fraction of sp³-hybridized carbons (Fsp3) is 0.688. The highest BCUT2D eigenvalue weighted by atomic mass is 32.2. The summed E-state index contributed by atoms with van der Waals surface area (Å²) >= 11 is 0. The van der Waals surface area contributed by atoms with Crippen molar-refractivity contribution in [2.24, 2.45) is 5.92 Å². The lowest BCUT2D eigenvalue weighted by Gasteiger charge is -2.44. The molecule has 142 valence electrons. The Balaban J connectivity index is 1.59. The number of nitrogens with one attached hydrogen (secondary N) is 1. The summed E-state index contributed by atoms with van der Waals surface area (Å²) < 4.78 is 25.9. The molecule has 0 unspecified atom stereocenters. The average molecular weight is 380 g/mol. The third-order valence-corrected chi connectivity index (χ3v) is 6.89. The van der Waals surface area contributed by atoms with E-state index in [9.17, 15) is 13.2 Å². The Bertz CT molecular complexity index is 966. The van der Waals surface area contributed by atoms with E-state index in [4.69, 9.17) is 0 Å². The lowest BCUT2D eigenvalue weighted by molar-refractivity contribution is 0.0330. The number of hydrogen-bond donors (Lipinski definition) is 1. The van der Waals surface area contributed by atoms with Crippen LogP contribution in [0.25, 0.3) is 5.78 Å². The van der Waals surface area contributed by atoms with E-state index in [-0.39, 0.29) is 29.1 Å². The van der Waals surface area contributed by atoms with Gasteiger partial charge in [-0.15, -0.1) is 0 Å². The summed E-state index contributed by atoms with van der Waals surface area (Å²) in [6.07, 6.45) is 1.43. The first-order chi connectivity index (χ1) is 12.3. The molecule has 0 aromatic carbocycles. The zero-order valence-corrected chi connectivity index (χ0v) is 15.8. The van der Waals surface area contributed by atoms with E-state index < -0.39 is 9.84 Å². The molecular formula is C16H24N6O3S. The summed E-state index contributed by atoms with van der Waals surface area (Å²) in [5.74, 6) is 1.22. The highest BCUT2D eigenvalue weighted by molar-refractivity contribution is 7.91. The molecule has 0 bridgehead atoms. The van der Waals surface area contributed by atoms with Gasteiger partial charge >= 0.3 is 0 Å². The number of aromatic amines is 1. The van der Waals surface area contributed by atoms with Gasteiger partial charge in [-0.1, -0.05) is 13.8 Å². The molecule has 0 saturated carbocycles. The van der Waals surface area contributed by atoms with Gasteiger partial charge in [-0.3, -0.25) is 19.7 Å². The highest BCUT2D eigenvalue weighted by Gasteiger charge is 2.46. The Labute approximate surface area is 151 Å². The maximum Gasteiger partial charge on any atom is 0.274 e. The third-order valence-electron chi connectivity index (χ3n) is 5.19. The molecule has 1 N–H and O–H groups in total. The van der Waals surface area contributed by atoms with Gasteiger partial charge in [0.25, 0.3) is 11.3 Å². The largest absolute Gasteiger partial charge is 0.296 e. The van der Waals surface area contributed by atoms with Crippen molar-refractivity contribution in [1.29, 1.82) is 0 Å². The van der Waals surface area contributed by atoms with Crippen molar-refractivity contribution in [3.63, 3.8) is 0 Å². The molecule has 0 aliphatic carbocycles. The number of nitrogens with zero attached hydrogens (tertiary/aromatic N) is 5. The predicted molar refractivity (Wildman–Crippen MR) is 96.7 cm³/mol. The van der Waals surface area contributed by atoms with Crippen molar-refractivity contribution in [2.75, 3.05) is 31.1 Å². The Morgan fingerprint density at radius 2 is 1.92 bits per heavy atom. The molecule has 4 heterocycles. The van der Waals surface area contributed by atoms with Gasteiger partial charge < -0.3 is 0 Å². The van der Waals surface area contributed by atoms with Crippen LogP contribution in [0.1, 0.15) is 19.5 Å². The minimum Gasteiger partial charge on any atom is -0.296 e. The summed E-state index contributed by atoms with van der Waals surface area (Å²) in [5, 5.41) is 2.72. The van der Waals surface area contributed by atoms with Gasteiger partial charge in [0, 0.05) is 44.3 Å². The molecule has 26 heavy (non-hydrogen) atoms. The average Bonchev–Trinajstić information content (AvgIpc) is 3.13. The number of H-pyrrole nitrogens is 1. The molecule has 0 spiro atoms. The molecule has 2 saturated heterocycles. The second-order valence-electron chi connectivity index (χ2n) is 7.68. The molecule has 2 aliphatic rings. The molecule has 2 atom stereocenters. The van der Waals surface area contributed by atoms with Crippen molar-refractivity contribution >= 4 is 15.6 Å². The normalized spacial score (nSPS) is 26.6. The first kappa shape index (κ1) is 17.6. The number of hydrogen-bond acceptors (Lipinski definition) is 7. The molecule has 10 heteroatoms. The number of aromatic nitrogens is 4. The SMILES string of the molecule is CC(C)CN1CCN(Cc2cc(=O)n3[nH]cnc3n2)[C@H]2CS(=O)(=O)C[C@H]21. The van der Waals surface area contributed by atoms with Crippen LogP contribution in [0.4, 0.5) is 0 Å². The van der Waals surface area contributed by atoms with Crippen LogP contribution in [0.2, 0.25) is 0 Å². The smallest absolute Gasteiger partial charge is 0.274 e. The fourth-order valence-electron chi connectivity index (χ4n) is 4.15. The molecule has 2 aliphatic heterocycles. The minimum atomic E-state index is -3.04. The van der Waals surface area contributed by atoms with Crippen molar-refractivity contribution in [2.45, 2.75) is 32.5 Å². The van der Waals surface area contributed by atoms with Gasteiger partial charge in [-0.25, -0.2) is 18.4 Å². The third kappa shape index (κ3) is 3.28. The molecule has 2 aromatic rings. The summed E-state index contributed by atoms with van der Waals surface area (Å²) in [6.45, 7) is 7.28. The zero-order valence-electron chi connectivity index (χ0n) is 15.0. The second kappa shape index (κ2) is 6.43. The Morgan fingerprint density at radius 1 is 1.23 bits per heavy atom. The predicted octanol–water partition coefficient (Wildman–Crippen LogP) is -0.643. The van der Waals surface area contributed by atoms with Crippen molar-refractivity contribution in [3.8, 4) is 0 Å². The van der Waals surface area contributed by atoms with Crippen LogP contribution >= 0.6 is 0 Å². The van der Waals surface area contributed by atoms with Gasteiger partial charge in [0.2, 0.25) is 0 Å². The van der Waals surface area contributed by atoms with Crippen LogP contribution < -0.4 is 5.56 Å². The maximum absolute atomic E-state index is 12.3. The Morgan fingerprint density at radius 3 is 2.65 bits per heavy atom. The van der Waals surface area contributed by atoms with Gasteiger partial charge in [0.15, 0.2) is 9.84 Å². The maximum atomic E-state index is 12.3. The van der Waals surface area contributed by atoms with Crippen LogP contribution in [-0.2, 0) is 16.4 Å². The van der Waals surface area contributed by atoms with Crippen molar-refractivity contribution in [3.05, 3.63) is 28.4 Å². The van der Waals surface area contributed by atoms with Crippen LogP contribution in [0.5, 0.6) is 0 Å². The van der Waals surface area contributed by atoms with E-state index in [2.05, 4.69) is 38.7 Å². The van der Waals surface area contributed by atoms with E-state index in [1.807, 2.05) is 0 Å². The molecule has 2 fully saturated rings. The summed E-state index contributed by atoms with van der Waals surface area (Å²) in [4.78, 5) is 25.1. The topological polar surface area (TPSA) is 104 Å². The number of sulfone groups is 1. The summed E-state index contributed by atoms with van der Waals surface area (Å²) in [5.41, 5.74) is 0.416. The van der Waals surface area contributed by atoms with Crippen LogP contribution in [0.15, 0.2) is 17.2 Å². The van der Waals surface area contributed by atoms with Gasteiger partial charge in [-0.05, 0) is 5.92 Å². The number of rotatable bonds is 4. The first-order valence-electron chi connectivity index (χ1n) is 8.93. The standard InChI is InChI=1S/C16H24N6O3S/c1-11(2)6-20-3-4-21(14-9-26(24,25)8-13(14)20)7-12-5-15(23)22-16(19-12)17-10-18-22/h5,10-11,13-14H,3-4,6-9H2,1-2H3,(H,17,18,19)/t13-,14+/m1/s1. The Hall–Kier alpha value is -1.78. The van der Waals surface area contributed by atoms with Gasteiger partial charge in [0.1, 0.15) is 6.33 Å². The highest BCUT2D eigenvalue weighted by Crippen LogP contribution is 2.28. The lowest BCUT2D eigenvalue weighted by Crippen LogP contribution is -2.59. The number of piperazine rings is 1. The quantitative estimate of drug-likeness (QED) is 0.752. The lowest BCUT2D eigenvalue weighted by atomic mass is 10.0. The van der Waals surface area contributed by atoms with Crippen molar-refractivity contribution < 1.29 is 8.42 Å². The van der Waals surface area contributed by atoms with Crippen LogP contribution in [0.3, 0.4) is 0 Å². The zero-order chi connectivity index (χ0) is 18.5. The van der Waals surface area contributed by atoms with Crippen LogP contribution in [0, 0.1) is 5.92 Å². The monoisotopic (exact) mass is 380 g/mol. The molecule has 4 rings (SSSR count). The van der Waals surface area contributed by atoms with E-state index in [1.165, 1.54) is 16.9 Å².